The van der Waals surface area contributed by atoms with E-state index < -0.39 is 16.6 Å². The van der Waals surface area contributed by atoms with Crippen LogP contribution in [0.1, 0.15) is 21.8 Å². The Hall–Kier alpha value is -3.10. The minimum atomic E-state index is -0.883. The Bertz CT molecular complexity index is 739. The van der Waals surface area contributed by atoms with Gasteiger partial charge in [-0.25, -0.2) is 4.79 Å². The molecule has 0 N–H and O–H groups in total. The van der Waals surface area contributed by atoms with Crippen LogP contribution in [0.4, 0.5) is 5.69 Å². The molecule has 9 heteroatoms. The molecule has 1 aromatic carbocycles. The number of methoxy groups -OCH3 is 2. The van der Waals surface area contributed by atoms with Crippen molar-refractivity contribution in [2.24, 2.45) is 0 Å². The van der Waals surface area contributed by atoms with Crippen LogP contribution < -0.4 is 9.47 Å². The molecule has 0 fully saturated rings. The fraction of sp³-hybridized carbons (Fsp3) is 0.286. The number of hydrogen-bond acceptors (Lipinski definition) is 8. The second-order valence-corrected chi connectivity index (χ2v) is 4.49. The Morgan fingerprint density at radius 1 is 1.26 bits per heavy atom. The van der Waals surface area contributed by atoms with E-state index in [9.17, 15) is 14.9 Å². The molecule has 0 bridgehead atoms. The van der Waals surface area contributed by atoms with Crippen molar-refractivity contribution >= 4 is 11.7 Å². The summed E-state index contributed by atoms with van der Waals surface area (Å²) in [6.07, 6.45) is 0. The van der Waals surface area contributed by atoms with Crippen LogP contribution in [0.3, 0.4) is 0 Å². The van der Waals surface area contributed by atoms with Gasteiger partial charge in [-0.3, -0.25) is 10.1 Å². The lowest BCUT2D eigenvalue weighted by Gasteiger charge is -2.10. The van der Waals surface area contributed by atoms with E-state index >= 15 is 0 Å². The molecule has 0 spiro atoms. The highest BCUT2D eigenvalue weighted by Crippen LogP contribution is 2.34. The summed E-state index contributed by atoms with van der Waals surface area (Å²) in [4.78, 5) is 22.6. The number of nitro groups is 1. The maximum atomic E-state index is 12.1. The summed E-state index contributed by atoms with van der Waals surface area (Å²) in [5, 5.41) is 14.8. The molecule has 2 rings (SSSR count). The van der Waals surface area contributed by atoms with Crippen molar-refractivity contribution in [2.45, 2.75) is 13.5 Å². The number of aryl methyl sites for hydroxylation is 1. The molecular formula is C14H14N2O7. The van der Waals surface area contributed by atoms with Crippen molar-refractivity contribution < 1.29 is 28.5 Å². The van der Waals surface area contributed by atoms with Crippen LogP contribution in [0.2, 0.25) is 0 Å². The zero-order valence-electron chi connectivity index (χ0n) is 12.7. The lowest BCUT2D eigenvalue weighted by Crippen LogP contribution is -2.09. The monoisotopic (exact) mass is 322 g/mol. The van der Waals surface area contributed by atoms with Crippen LogP contribution >= 0.6 is 0 Å². The molecule has 0 saturated carbocycles. The minimum Gasteiger partial charge on any atom is -0.493 e. The maximum Gasteiger partial charge on any atom is 0.345 e. The summed E-state index contributed by atoms with van der Waals surface area (Å²) in [6, 6.07) is 3.90. The topological polar surface area (TPSA) is 114 Å². The smallest absolute Gasteiger partial charge is 0.345 e. The standard InChI is InChI=1S/C14H14N2O7/c1-8-4-9(23-15-8)7-22-14(17)10-5-12(20-2)13(21-3)6-11(10)16(18)19/h4-6H,7H2,1-3H3. The normalized spacial score (nSPS) is 10.2. The molecule has 0 aliphatic heterocycles. The van der Waals surface area contributed by atoms with Crippen molar-refractivity contribution in [3.05, 3.63) is 45.3 Å². The van der Waals surface area contributed by atoms with Crippen molar-refractivity contribution in [2.75, 3.05) is 14.2 Å². The number of carbonyl (C=O) groups is 1. The van der Waals surface area contributed by atoms with Gasteiger partial charge >= 0.3 is 5.97 Å². The largest absolute Gasteiger partial charge is 0.493 e. The van der Waals surface area contributed by atoms with E-state index in [0.717, 1.165) is 6.07 Å². The molecule has 0 aliphatic carbocycles. The molecule has 0 aliphatic rings. The molecule has 23 heavy (non-hydrogen) atoms. The van der Waals surface area contributed by atoms with Crippen LogP contribution in [0.25, 0.3) is 0 Å². The van der Waals surface area contributed by atoms with Gasteiger partial charge in [0.1, 0.15) is 5.56 Å². The molecule has 0 saturated heterocycles. The van der Waals surface area contributed by atoms with E-state index in [0.29, 0.717) is 11.5 Å². The van der Waals surface area contributed by atoms with Crippen LogP contribution in [-0.2, 0) is 11.3 Å². The number of esters is 1. The first-order chi connectivity index (χ1) is 11.0. The molecule has 122 valence electrons. The minimum absolute atomic E-state index is 0.140. The Kier molecular flexibility index (Phi) is 4.79. The highest BCUT2D eigenvalue weighted by molar-refractivity contribution is 5.95. The van der Waals surface area contributed by atoms with Gasteiger partial charge in [0.2, 0.25) is 0 Å². The number of nitrogens with zero attached hydrogens (tertiary/aromatic N) is 2. The van der Waals surface area contributed by atoms with E-state index in [4.69, 9.17) is 18.7 Å². The van der Waals surface area contributed by atoms with Crippen molar-refractivity contribution in [1.29, 1.82) is 0 Å². The van der Waals surface area contributed by atoms with E-state index in [1.807, 2.05) is 0 Å². The van der Waals surface area contributed by atoms with Crippen LogP contribution in [-0.4, -0.2) is 30.3 Å². The van der Waals surface area contributed by atoms with Gasteiger partial charge in [-0.1, -0.05) is 5.16 Å². The first-order valence-corrected chi connectivity index (χ1v) is 6.46. The van der Waals surface area contributed by atoms with E-state index in [1.54, 1.807) is 13.0 Å². The summed E-state index contributed by atoms with van der Waals surface area (Å²) >= 11 is 0. The number of benzene rings is 1. The van der Waals surface area contributed by atoms with Crippen LogP contribution in [0.15, 0.2) is 22.7 Å². The number of nitro benzene ring substituents is 1. The molecule has 9 nitrogen and oxygen atoms in total. The third-order valence-electron chi connectivity index (χ3n) is 2.94. The lowest BCUT2D eigenvalue weighted by atomic mass is 10.1. The molecule has 1 aromatic heterocycles. The van der Waals surface area contributed by atoms with Crippen LogP contribution in [0, 0.1) is 17.0 Å². The SMILES string of the molecule is COc1cc(C(=O)OCc2cc(C)no2)c([N+](=O)[O-])cc1OC. The Morgan fingerprint density at radius 3 is 2.43 bits per heavy atom. The lowest BCUT2D eigenvalue weighted by molar-refractivity contribution is -0.385. The maximum absolute atomic E-state index is 12.1. The van der Waals surface area contributed by atoms with Gasteiger partial charge in [0.25, 0.3) is 5.69 Å². The molecule has 0 radical (unpaired) electrons. The van der Waals surface area contributed by atoms with E-state index in [-0.39, 0.29) is 23.7 Å². The number of hydrogen-bond donors (Lipinski definition) is 0. The molecule has 2 aromatic rings. The average molecular weight is 322 g/mol. The van der Waals surface area contributed by atoms with Gasteiger partial charge < -0.3 is 18.7 Å². The third-order valence-corrected chi connectivity index (χ3v) is 2.94. The Balaban J connectivity index is 2.28. The summed E-state index contributed by atoms with van der Waals surface area (Å²) < 4.78 is 20.0. The highest BCUT2D eigenvalue weighted by atomic mass is 16.6. The number of rotatable bonds is 6. The first-order valence-electron chi connectivity index (χ1n) is 6.46. The van der Waals surface area contributed by atoms with Crippen LogP contribution in [0.5, 0.6) is 11.5 Å². The average Bonchev–Trinajstić information content (AvgIpc) is 2.96. The highest BCUT2D eigenvalue weighted by Gasteiger charge is 2.26. The number of aromatic nitrogens is 1. The zero-order valence-corrected chi connectivity index (χ0v) is 12.7. The second-order valence-electron chi connectivity index (χ2n) is 4.49. The third kappa shape index (κ3) is 3.57. The molecule has 1 heterocycles. The molecular weight excluding hydrogens is 308 g/mol. The van der Waals surface area contributed by atoms with Gasteiger partial charge in [0, 0.05) is 12.1 Å². The van der Waals surface area contributed by atoms with E-state index in [1.165, 1.54) is 20.3 Å². The summed E-state index contributed by atoms with van der Waals surface area (Å²) in [5.74, 6) is -0.229. The second kappa shape index (κ2) is 6.77. The molecule has 0 amide bonds. The fourth-order valence-corrected chi connectivity index (χ4v) is 1.88. The number of ether oxygens (including phenoxy) is 3. The predicted molar refractivity (Wildman–Crippen MR) is 76.6 cm³/mol. The first kappa shape index (κ1) is 16.3. The Labute approximate surface area is 130 Å². The quantitative estimate of drug-likeness (QED) is 0.452. The Morgan fingerprint density at radius 2 is 1.91 bits per heavy atom. The van der Waals surface area contributed by atoms with Crippen molar-refractivity contribution in [3.63, 3.8) is 0 Å². The zero-order chi connectivity index (χ0) is 17.0. The van der Waals surface area contributed by atoms with E-state index in [2.05, 4.69) is 5.16 Å². The van der Waals surface area contributed by atoms with Crippen molar-refractivity contribution in [1.82, 2.24) is 5.16 Å². The van der Waals surface area contributed by atoms with Gasteiger partial charge in [-0.2, -0.15) is 0 Å². The van der Waals surface area contributed by atoms with Crippen molar-refractivity contribution in [3.8, 4) is 11.5 Å². The summed E-state index contributed by atoms with van der Waals surface area (Å²) in [5.41, 5.74) is -0.0570. The molecule has 0 atom stereocenters. The number of carbonyl (C=O) groups excluding carboxylic acids is 1. The van der Waals surface area contributed by atoms with Gasteiger partial charge in [0.15, 0.2) is 23.9 Å². The summed E-state index contributed by atoms with van der Waals surface area (Å²) in [7, 11) is 2.70. The fourth-order valence-electron chi connectivity index (χ4n) is 1.88. The predicted octanol–water partition coefficient (Wildman–Crippen LogP) is 2.27. The van der Waals surface area contributed by atoms with Gasteiger partial charge in [0.05, 0.1) is 30.9 Å². The van der Waals surface area contributed by atoms with Gasteiger partial charge in [-0.05, 0) is 6.92 Å². The van der Waals surface area contributed by atoms with Gasteiger partial charge in [-0.15, -0.1) is 0 Å². The molecule has 0 unspecified atom stereocenters. The summed E-state index contributed by atoms with van der Waals surface area (Å²) in [6.45, 7) is 1.53.